The van der Waals surface area contributed by atoms with Crippen molar-refractivity contribution in [3.8, 4) is 11.1 Å². The Morgan fingerprint density at radius 1 is 1.23 bits per heavy atom. The molecule has 0 bridgehead atoms. The van der Waals surface area contributed by atoms with Gasteiger partial charge in [-0.2, -0.15) is 4.68 Å². The second-order valence-corrected chi connectivity index (χ2v) is 5.89. The SMILES string of the molecule is Cn1c(=O)c(-c2ccc(F)cc2)c(N)n1C(=O)OC(C)(C)C. The maximum absolute atomic E-state index is 13.0. The third-order valence-corrected chi connectivity index (χ3v) is 2.99. The zero-order valence-corrected chi connectivity index (χ0v) is 12.9. The lowest BCUT2D eigenvalue weighted by atomic mass is 10.1. The van der Waals surface area contributed by atoms with Crippen molar-refractivity contribution in [3.63, 3.8) is 0 Å². The normalized spacial score (nSPS) is 11.5. The molecule has 0 spiro atoms. The van der Waals surface area contributed by atoms with Crippen LogP contribution < -0.4 is 11.3 Å². The molecule has 1 aromatic heterocycles. The van der Waals surface area contributed by atoms with E-state index in [2.05, 4.69) is 0 Å². The highest BCUT2D eigenvalue weighted by molar-refractivity contribution is 5.82. The molecule has 118 valence electrons. The van der Waals surface area contributed by atoms with Crippen LogP contribution in [0, 0.1) is 5.82 Å². The summed E-state index contributed by atoms with van der Waals surface area (Å²) in [5.41, 5.74) is 5.32. The summed E-state index contributed by atoms with van der Waals surface area (Å²) < 4.78 is 20.3. The first-order chi connectivity index (χ1) is 10.1. The van der Waals surface area contributed by atoms with Gasteiger partial charge in [0.2, 0.25) is 0 Å². The van der Waals surface area contributed by atoms with Crippen LogP contribution >= 0.6 is 0 Å². The number of hydrogen-bond donors (Lipinski definition) is 1. The highest BCUT2D eigenvalue weighted by Gasteiger charge is 2.25. The summed E-state index contributed by atoms with van der Waals surface area (Å²) in [4.78, 5) is 24.5. The van der Waals surface area contributed by atoms with Crippen LogP contribution in [0.1, 0.15) is 20.8 Å². The van der Waals surface area contributed by atoms with Gasteiger partial charge in [-0.05, 0) is 38.5 Å². The number of carbonyl (C=O) groups excluding carboxylic acids is 1. The lowest BCUT2D eigenvalue weighted by Gasteiger charge is -2.20. The van der Waals surface area contributed by atoms with Gasteiger partial charge in [-0.1, -0.05) is 12.1 Å². The van der Waals surface area contributed by atoms with Gasteiger partial charge in [-0.3, -0.25) is 4.79 Å². The fourth-order valence-corrected chi connectivity index (χ4v) is 2.04. The van der Waals surface area contributed by atoms with E-state index in [1.807, 2.05) is 0 Å². The average molecular weight is 307 g/mol. The number of halogens is 1. The minimum Gasteiger partial charge on any atom is -0.442 e. The molecule has 0 unspecified atom stereocenters. The van der Waals surface area contributed by atoms with E-state index in [1.165, 1.54) is 31.3 Å². The second kappa shape index (κ2) is 5.32. The van der Waals surface area contributed by atoms with Gasteiger partial charge >= 0.3 is 6.09 Å². The predicted molar refractivity (Wildman–Crippen MR) is 81.1 cm³/mol. The van der Waals surface area contributed by atoms with Gasteiger partial charge in [-0.25, -0.2) is 13.9 Å². The largest absolute Gasteiger partial charge is 0.442 e. The number of nitrogen functional groups attached to an aromatic ring is 1. The van der Waals surface area contributed by atoms with Crippen molar-refractivity contribution in [1.29, 1.82) is 0 Å². The third-order valence-electron chi connectivity index (χ3n) is 2.99. The lowest BCUT2D eigenvalue weighted by molar-refractivity contribution is 0.0499. The Labute approximate surface area is 126 Å². The van der Waals surface area contributed by atoms with Crippen molar-refractivity contribution in [1.82, 2.24) is 9.36 Å². The minimum atomic E-state index is -0.752. The van der Waals surface area contributed by atoms with Gasteiger partial charge in [0.15, 0.2) is 0 Å². The van der Waals surface area contributed by atoms with Crippen LogP contribution in [-0.4, -0.2) is 21.1 Å². The number of hydrogen-bond acceptors (Lipinski definition) is 4. The van der Waals surface area contributed by atoms with E-state index in [9.17, 15) is 14.0 Å². The Bertz CT molecular complexity index is 767. The molecule has 0 radical (unpaired) electrons. The molecule has 2 aromatic rings. The van der Waals surface area contributed by atoms with Gasteiger partial charge in [0.25, 0.3) is 5.56 Å². The van der Waals surface area contributed by atoms with E-state index in [0.717, 1.165) is 9.36 Å². The second-order valence-electron chi connectivity index (χ2n) is 5.89. The maximum atomic E-state index is 13.0. The molecule has 7 heteroatoms. The van der Waals surface area contributed by atoms with E-state index in [1.54, 1.807) is 20.8 Å². The van der Waals surface area contributed by atoms with Gasteiger partial charge in [0, 0.05) is 7.05 Å². The summed E-state index contributed by atoms with van der Waals surface area (Å²) in [5, 5.41) is 0. The fourth-order valence-electron chi connectivity index (χ4n) is 2.04. The molecule has 1 heterocycles. The molecular weight excluding hydrogens is 289 g/mol. The summed E-state index contributed by atoms with van der Waals surface area (Å²) in [6.07, 6.45) is -0.752. The maximum Gasteiger partial charge on any atom is 0.435 e. The van der Waals surface area contributed by atoms with E-state index in [0.29, 0.717) is 5.56 Å². The molecule has 6 nitrogen and oxygen atoms in total. The zero-order chi connectivity index (χ0) is 16.7. The number of aromatic nitrogens is 2. The summed E-state index contributed by atoms with van der Waals surface area (Å²) in [6.45, 7) is 5.14. The Morgan fingerprint density at radius 2 is 1.77 bits per heavy atom. The molecule has 0 fully saturated rings. The average Bonchev–Trinajstić information content (AvgIpc) is 2.60. The van der Waals surface area contributed by atoms with E-state index < -0.39 is 23.1 Å². The first-order valence-electron chi connectivity index (χ1n) is 6.68. The number of anilines is 1. The van der Waals surface area contributed by atoms with Gasteiger partial charge in [0.05, 0.1) is 5.56 Å². The molecule has 0 amide bonds. The third kappa shape index (κ3) is 2.88. The summed E-state index contributed by atoms with van der Waals surface area (Å²) in [6, 6.07) is 5.31. The Balaban J connectivity index is 2.56. The Hall–Kier alpha value is -2.57. The Morgan fingerprint density at radius 3 is 2.27 bits per heavy atom. The minimum absolute atomic E-state index is 0.0478. The van der Waals surface area contributed by atoms with Crippen LogP contribution in [0.5, 0.6) is 0 Å². The van der Waals surface area contributed by atoms with E-state index in [-0.39, 0.29) is 11.4 Å². The van der Waals surface area contributed by atoms with Crippen LogP contribution in [-0.2, 0) is 11.8 Å². The Kier molecular flexibility index (Phi) is 3.83. The molecule has 0 saturated carbocycles. The standard InChI is InChI=1S/C15H18FN3O3/c1-15(2,3)22-14(21)19-12(17)11(13(20)18(19)4)9-5-7-10(16)8-6-9/h5-8H,17H2,1-4H3. The molecule has 2 rings (SSSR count). The van der Waals surface area contributed by atoms with Crippen molar-refractivity contribution >= 4 is 11.9 Å². The molecule has 0 aliphatic heterocycles. The van der Waals surface area contributed by atoms with Crippen molar-refractivity contribution in [2.75, 3.05) is 5.73 Å². The summed E-state index contributed by atoms with van der Waals surface area (Å²) >= 11 is 0. The summed E-state index contributed by atoms with van der Waals surface area (Å²) in [5.74, 6) is -0.473. The number of nitrogens with zero attached hydrogens (tertiary/aromatic N) is 2. The number of ether oxygens (including phenoxy) is 1. The molecule has 0 aliphatic rings. The van der Waals surface area contributed by atoms with Crippen molar-refractivity contribution in [2.24, 2.45) is 7.05 Å². The molecule has 22 heavy (non-hydrogen) atoms. The topological polar surface area (TPSA) is 79.2 Å². The van der Waals surface area contributed by atoms with Crippen molar-refractivity contribution in [2.45, 2.75) is 26.4 Å². The van der Waals surface area contributed by atoms with Crippen LogP contribution in [0.4, 0.5) is 15.0 Å². The van der Waals surface area contributed by atoms with Crippen molar-refractivity contribution < 1.29 is 13.9 Å². The quantitative estimate of drug-likeness (QED) is 0.877. The van der Waals surface area contributed by atoms with Crippen LogP contribution in [0.25, 0.3) is 11.1 Å². The molecule has 0 aliphatic carbocycles. The number of benzene rings is 1. The van der Waals surface area contributed by atoms with Crippen LogP contribution in [0.2, 0.25) is 0 Å². The number of carbonyl (C=O) groups is 1. The zero-order valence-electron chi connectivity index (χ0n) is 12.9. The molecule has 0 saturated heterocycles. The highest BCUT2D eigenvalue weighted by atomic mass is 19.1. The summed E-state index contributed by atoms with van der Waals surface area (Å²) in [7, 11) is 1.41. The fraction of sp³-hybridized carbons (Fsp3) is 0.333. The highest BCUT2D eigenvalue weighted by Crippen LogP contribution is 2.24. The van der Waals surface area contributed by atoms with Crippen LogP contribution in [0.15, 0.2) is 29.1 Å². The van der Waals surface area contributed by atoms with E-state index in [4.69, 9.17) is 10.5 Å². The smallest absolute Gasteiger partial charge is 0.435 e. The van der Waals surface area contributed by atoms with Gasteiger partial charge in [0.1, 0.15) is 17.2 Å². The first kappa shape index (κ1) is 15.8. The van der Waals surface area contributed by atoms with Crippen LogP contribution in [0.3, 0.4) is 0 Å². The monoisotopic (exact) mass is 307 g/mol. The number of nitrogens with two attached hydrogens (primary N) is 1. The van der Waals surface area contributed by atoms with Gasteiger partial charge < -0.3 is 10.5 Å². The van der Waals surface area contributed by atoms with E-state index >= 15 is 0 Å². The van der Waals surface area contributed by atoms with Gasteiger partial charge in [-0.15, -0.1) is 0 Å². The molecular formula is C15H18FN3O3. The number of rotatable bonds is 1. The lowest BCUT2D eigenvalue weighted by Crippen LogP contribution is -2.32. The van der Waals surface area contributed by atoms with Crippen molar-refractivity contribution in [3.05, 3.63) is 40.4 Å². The first-order valence-corrected chi connectivity index (χ1v) is 6.68. The molecule has 2 N–H and O–H groups in total. The molecule has 1 aromatic carbocycles. The molecule has 0 atom stereocenters. The predicted octanol–water partition coefficient (Wildman–Crippen LogP) is 2.36.